The lowest BCUT2D eigenvalue weighted by Crippen LogP contribution is -2.34. The number of amides is 1. The highest BCUT2D eigenvalue weighted by atomic mass is 16.5. The number of ether oxygens (including phenoxy) is 1. The zero-order valence-electron chi connectivity index (χ0n) is 15.2. The maximum Gasteiger partial charge on any atom is 0.224 e. The molecule has 2 aromatic rings. The molecule has 1 aliphatic carbocycles. The summed E-state index contributed by atoms with van der Waals surface area (Å²) in [7, 11) is 0. The van der Waals surface area contributed by atoms with Crippen LogP contribution in [-0.2, 0) is 4.79 Å². The van der Waals surface area contributed by atoms with E-state index in [-0.39, 0.29) is 23.3 Å². The zero-order chi connectivity index (χ0) is 18.0. The van der Waals surface area contributed by atoms with Crippen molar-refractivity contribution in [1.29, 1.82) is 0 Å². The Morgan fingerprint density at radius 3 is 2.42 bits per heavy atom. The van der Waals surface area contributed by atoms with Crippen molar-refractivity contribution < 1.29 is 9.53 Å². The van der Waals surface area contributed by atoms with E-state index in [2.05, 4.69) is 10.6 Å². The molecule has 0 radical (unpaired) electrons. The molecule has 2 fully saturated rings. The average molecular weight is 350 g/mol. The van der Waals surface area contributed by atoms with Gasteiger partial charge in [-0.15, -0.1) is 0 Å². The monoisotopic (exact) mass is 350 g/mol. The van der Waals surface area contributed by atoms with E-state index in [9.17, 15) is 4.79 Å². The van der Waals surface area contributed by atoms with Crippen LogP contribution in [0.25, 0.3) is 0 Å². The van der Waals surface area contributed by atoms with Gasteiger partial charge in [0.05, 0.1) is 6.04 Å². The van der Waals surface area contributed by atoms with Crippen molar-refractivity contribution in [2.24, 2.45) is 11.3 Å². The van der Waals surface area contributed by atoms with E-state index in [0.717, 1.165) is 49.4 Å². The van der Waals surface area contributed by atoms with Gasteiger partial charge in [-0.2, -0.15) is 0 Å². The number of piperidine rings is 1. The molecule has 2 atom stereocenters. The van der Waals surface area contributed by atoms with Crippen LogP contribution in [0.15, 0.2) is 54.6 Å². The smallest absolute Gasteiger partial charge is 0.224 e. The van der Waals surface area contributed by atoms with E-state index in [1.165, 1.54) is 0 Å². The van der Waals surface area contributed by atoms with Gasteiger partial charge in [-0.1, -0.05) is 30.3 Å². The van der Waals surface area contributed by atoms with Crippen LogP contribution >= 0.6 is 0 Å². The summed E-state index contributed by atoms with van der Waals surface area (Å²) in [6.07, 6.45) is 3.31. The minimum atomic E-state index is 0.00707. The zero-order valence-corrected chi connectivity index (χ0v) is 15.2. The second-order valence-corrected chi connectivity index (χ2v) is 7.58. The maximum atomic E-state index is 12.6. The van der Waals surface area contributed by atoms with Crippen molar-refractivity contribution in [3.63, 3.8) is 0 Å². The highest BCUT2D eigenvalue weighted by Crippen LogP contribution is 2.58. The van der Waals surface area contributed by atoms with Gasteiger partial charge >= 0.3 is 0 Å². The van der Waals surface area contributed by atoms with Crippen LogP contribution in [0.4, 0.5) is 0 Å². The molecular weight excluding hydrogens is 324 g/mol. The van der Waals surface area contributed by atoms with Crippen LogP contribution < -0.4 is 15.4 Å². The minimum Gasteiger partial charge on any atom is -0.457 e. The number of nitrogens with one attached hydrogen (secondary N) is 2. The fourth-order valence-electron chi connectivity index (χ4n) is 4.04. The number of hydrogen-bond acceptors (Lipinski definition) is 3. The quantitative estimate of drug-likeness (QED) is 0.855. The van der Waals surface area contributed by atoms with Gasteiger partial charge in [-0.25, -0.2) is 0 Å². The van der Waals surface area contributed by atoms with E-state index in [4.69, 9.17) is 4.74 Å². The summed E-state index contributed by atoms with van der Waals surface area (Å²) in [5, 5.41) is 6.58. The molecule has 1 spiro atoms. The molecule has 1 heterocycles. The van der Waals surface area contributed by atoms with Gasteiger partial charge in [0, 0.05) is 5.92 Å². The SMILES string of the molecule is CC(NC(=O)C1CC12CCNCC2)c1ccc(Oc2ccccc2)cc1. The molecule has 2 aromatic carbocycles. The van der Waals surface area contributed by atoms with E-state index in [0.29, 0.717) is 0 Å². The first-order valence-corrected chi connectivity index (χ1v) is 9.50. The summed E-state index contributed by atoms with van der Waals surface area (Å²) in [5.74, 6) is 2.04. The molecule has 2 N–H and O–H groups in total. The molecule has 2 aliphatic rings. The van der Waals surface area contributed by atoms with Gasteiger partial charge < -0.3 is 15.4 Å². The molecule has 0 aromatic heterocycles. The lowest BCUT2D eigenvalue weighted by atomic mass is 9.91. The van der Waals surface area contributed by atoms with Crippen molar-refractivity contribution in [1.82, 2.24) is 10.6 Å². The third-order valence-electron chi connectivity index (χ3n) is 5.82. The summed E-state index contributed by atoms with van der Waals surface area (Å²) in [6.45, 7) is 4.13. The predicted molar refractivity (Wildman–Crippen MR) is 102 cm³/mol. The number of hydrogen-bond donors (Lipinski definition) is 2. The molecule has 1 aliphatic heterocycles. The Hall–Kier alpha value is -2.33. The van der Waals surface area contributed by atoms with Crippen LogP contribution in [0.2, 0.25) is 0 Å². The fourth-order valence-corrected chi connectivity index (χ4v) is 4.04. The van der Waals surface area contributed by atoms with E-state index in [1.54, 1.807) is 0 Å². The second kappa shape index (κ2) is 7.12. The van der Waals surface area contributed by atoms with Crippen LogP contribution in [0, 0.1) is 11.3 Å². The summed E-state index contributed by atoms with van der Waals surface area (Å²) >= 11 is 0. The standard InChI is InChI=1S/C22H26N2O2/c1-16(24-21(25)20-15-22(20)11-13-23-14-12-22)17-7-9-19(10-8-17)26-18-5-3-2-4-6-18/h2-10,16,20,23H,11-15H2,1H3,(H,24,25). The first kappa shape index (κ1) is 17.1. The van der Waals surface area contributed by atoms with Crippen molar-refractivity contribution in [2.45, 2.75) is 32.2 Å². The first-order valence-electron chi connectivity index (χ1n) is 9.50. The Labute approximate surface area is 155 Å². The number of carbonyl (C=O) groups is 1. The minimum absolute atomic E-state index is 0.00707. The Morgan fingerprint density at radius 1 is 1.08 bits per heavy atom. The molecule has 4 rings (SSSR count). The summed E-state index contributed by atoms with van der Waals surface area (Å²) in [5.41, 5.74) is 1.38. The van der Waals surface area contributed by atoms with E-state index in [1.807, 2.05) is 61.5 Å². The van der Waals surface area contributed by atoms with Gasteiger partial charge in [0.15, 0.2) is 0 Å². The molecular formula is C22H26N2O2. The second-order valence-electron chi connectivity index (χ2n) is 7.58. The molecule has 4 heteroatoms. The van der Waals surface area contributed by atoms with E-state index < -0.39 is 0 Å². The van der Waals surface area contributed by atoms with Crippen molar-refractivity contribution in [3.05, 3.63) is 60.2 Å². The molecule has 1 saturated carbocycles. The van der Waals surface area contributed by atoms with Crippen LogP contribution in [0.1, 0.15) is 37.8 Å². The van der Waals surface area contributed by atoms with Gasteiger partial charge in [-0.05, 0) is 74.5 Å². The molecule has 4 nitrogen and oxygen atoms in total. The van der Waals surface area contributed by atoms with Gasteiger partial charge in [0.2, 0.25) is 5.91 Å². The molecule has 1 saturated heterocycles. The normalized spacial score (nSPS) is 21.8. The number of benzene rings is 2. The number of rotatable bonds is 5. The largest absolute Gasteiger partial charge is 0.457 e. The van der Waals surface area contributed by atoms with Crippen molar-refractivity contribution >= 4 is 5.91 Å². The number of carbonyl (C=O) groups excluding carboxylic acids is 1. The molecule has 136 valence electrons. The number of para-hydroxylation sites is 1. The van der Waals surface area contributed by atoms with Crippen LogP contribution in [0.5, 0.6) is 11.5 Å². The molecule has 1 amide bonds. The first-order chi connectivity index (χ1) is 12.7. The molecule has 0 bridgehead atoms. The summed E-state index contributed by atoms with van der Waals surface area (Å²) in [4.78, 5) is 12.6. The molecule has 2 unspecified atom stereocenters. The Bertz CT molecular complexity index is 751. The predicted octanol–water partition coefficient (Wildman–Crippen LogP) is 4.05. The third-order valence-corrected chi connectivity index (χ3v) is 5.82. The topological polar surface area (TPSA) is 50.4 Å². The third kappa shape index (κ3) is 3.61. The maximum absolute atomic E-state index is 12.6. The Kier molecular flexibility index (Phi) is 4.68. The average Bonchev–Trinajstić information content (AvgIpc) is 3.36. The van der Waals surface area contributed by atoms with Crippen molar-refractivity contribution in [2.75, 3.05) is 13.1 Å². The van der Waals surface area contributed by atoms with Crippen LogP contribution in [0.3, 0.4) is 0 Å². The Morgan fingerprint density at radius 2 is 1.73 bits per heavy atom. The highest BCUT2D eigenvalue weighted by molar-refractivity contribution is 5.83. The van der Waals surface area contributed by atoms with Gasteiger partial charge in [0.25, 0.3) is 0 Å². The Balaban J connectivity index is 1.33. The summed E-state index contributed by atoms with van der Waals surface area (Å²) in [6, 6.07) is 17.7. The van der Waals surface area contributed by atoms with E-state index >= 15 is 0 Å². The molecule has 26 heavy (non-hydrogen) atoms. The van der Waals surface area contributed by atoms with Gasteiger partial charge in [0.1, 0.15) is 11.5 Å². The van der Waals surface area contributed by atoms with Crippen molar-refractivity contribution in [3.8, 4) is 11.5 Å². The summed E-state index contributed by atoms with van der Waals surface area (Å²) < 4.78 is 5.82. The van der Waals surface area contributed by atoms with Crippen LogP contribution in [-0.4, -0.2) is 19.0 Å². The lowest BCUT2D eigenvalue weighted by molar-refractivity contribution is -0.123. The fraction of sp³-hybridized carbons (Fsp3) is 0.409. The lowest BCUT2D eigenvalue weighted by Gasteiger charge is -2.24. The van der Waals surface area contributed by atoms with Gasteiger partial charge in [-0.3, -0.25) is 4.79 Å². The highest BCUT2D eigenvalue weighted by Gasteiger charge is 2.57.